The molecule has 5 nitrogen and oxygen atoms in total. The summed E-state index contributed by atoms with van der Waals surface area (Å²) >= 11 is 5.78. The molecule has 1 aliphatic carbocycles. The first kappa shape index (κ1) is 13.0. The molecule has 0 spiro atoms. The minimum absolute atomic E-state index is 0.250. The van der Waals surface area contributed by atoms with Crippen molar-refractivity contribution in [2.24, 2.45) is 0 Å². The lowest BCUT2D eigenvalue weighted by Gasteiger charge is -2.07. The van der Waals surface area contributed by atoms with E-state index in [-0.39, 0.29) is 5.91 Å². The molecule has 20 heavy (non-hydrogen) atoms. The van der Waals surface area contributed by atoms with Gasteiger partial charge in [-0.1, -0.05) is 11.6 Å². The Morgan fingerprint density at radius 1 is 1.30 bits per heavy atom. The Bertz CT molecular complexity index is 653. The van der Waals surface area contributed by atoms with E-state index in [0.717, 1.165) is 18.7 Å². The van der Waals surface area contributed by atoms with E-state index in [1.807, 2.05) is 0 Å². The molecule has 0 saturated heterocycles. The Hall–Kier alpha value is -2.01. The number of pyridine rings is 1. The number of hydrogen-bond donors (Lipinski definition) is 1. The molecule has 0 radical (unpaired) electrons. The largest absolute Gasteiger partial charge is 0.320 e. The normalized spacial score (nSPS) is 14.1. The summed E-state index contributed by atoms with van der Waals surface area (Å²) in [5.41, 5.74) is 1.73. The second kappa shape index (κ2) is 5.17. The van der Waals surface area contributed by atoms with E-state index in [1.54, 1.807) is 31.5 Å². The van der Waals surface area contributed by atoms with Crippen LogP contribution in [0.1, 0.15) is 40.6 Å². The van der Waals surface area contributed by atoms with Crippen LogP contribution >= 0.6 is 11.6 Å². The molecule has 2 heterocycles. The van der Waals surface area contributed by atoms with Gasteiger partial charge in [-0.05, 0) is 31.9 Å². The van der Waals surface area contributed by atoms with Crippen molar-refractivity contribution in [3.63, 3.8) is 0 Å². The number of carbonyl (C=O) groups excluding carboxylic acids is 1. The Kier molecular flexibility index (Phi) is 3.36. The predicted molar refractivity (Wildman–Crippen MR) is 75.9 cm³/mol. The lowest BCUT2D eigenvalue weighted by Crippen LogP contribution is -2.14. The molecule has 0 bridgehead atoms. The van der Waals surface area contributed by atoms with Crippen molar-refractivity contribution < 1.29 is 4.79 Å². The highest BCUT2D eigenvalue weighted by molar-refractivity contribution is 6.29. The van der Waals surface area contributed by atoms with Gasteiger partial charge >= 0.3 is 0 Å². The number of nitrogens with zero attached hydrogens (tertiary/aromatic N) is 3. The molecule has 0 aliphatic heterocycles. The topological polar surface area (TPSA) is 67.8 Å². The SMILES string of the molecule is Cc1nc(Cl)ccc1NC(=O)c1cnc(C2CC2)nc1. The highest BCUT2D eigenvalue weighted by Crippen LogP contribution is 2.37. The van der Waals surface area contributed by atoms with E-state index in [1.165, 1.54) is 0 Å². The Labute approximate surface area is 121 Å². The fourth-order valence-corrected chi connectivity index (χ4v) is 2.05. The monoisotopic (exact) mass is 288 g/mol. The van der Waals surface area contributed by atoms with E-state index in [9.17, 15) is 4.79 Å². The van der Waals surface area contributed by atoms with Gasteiger partial charge in [0.1, 0.15) is 11.0 Å². The van der Waals surface area contributed by atoms with Crippen LogP contribution in [0.2, 0.25) is 5.15 Å². The molecule has 1 N–H and O–H groups in total. The van der Waals surface area contributed by atoms with Gasteiger partial charge in [0, 0.05) is 18.3 Å². The van der Waals surface area contributed by atoms with Crippen molar-refractivity contribution in [2.75, 3.05) is 5.32 Å². The molecular formula is C14H13ClN4O. The molecule has 102 valence electrons. The molecule has 2 aromatic heterocycles. The van der Waals surface area contributed by atoms with Gasteiger partial charge in [0.25, 0.3) is 5.91 Å². The number of hydrogen-bond acceptors (Lipinski definition) is 4. The lowest BCUT2D eigenvalue weighted by atomic mass is 10.2. The van der Waals surface area contributed by atoms with Gasteiger partial charge in [0.05, 0.1) is 16.9 Å². The summed E-state index contributed by atoms with van der Waals surface area (Å²) in [6.07, 6.45) is 5.41. The van der Waals surface area contributed by atoms with Crippen molar-refractivity contribution in [2.45, 2.75) is 25.7 Å². The van der Waals surface area contributed by atoms with Gasteiger partial charge in [0.2, 0.25) is 0 Å². The van der Waals surface area contributed by atoms with E-state index >= 15 is 0 Å². The third-order valence-electron chi connectivity index (χ3n) is 3.18. The van der Waals surface area contributed by atoms with Crippen LogP contribution < -0.4 is 5.32 Å². The number of anilines is 1. The second-order valence-corrected chi connectivity index (χ2v) is 5.21. The van der Waals surface area contributed by atoms with Gasteiger partial charge in [-0.15, -0.1) is 0 Å². The highest BCUT2D eigenvalue weighted by Gasteiger charge is 2.26. The molecule has 1 aliphatic rings. The van der Waals surface area contributed by atoms with Crippen LogP contribution in [0.3, 0.4) is 0 Å². The molecule has 1 saturated carbocycles. The molecular weight excluding hydrogens is 276 g/mol. The summed E-state index contributed by atoms with van der Waals surface area (Å²) in [6.45, 7) is 1.79. The van der Waals surface area contributed by atoms with Crippen LogP contribution in [0, 0.1) is 6.92 Å². The van der Waals surface area contributed by atoms with Crippen LogP contribution in [-0.4, -0.2) is 20.9 Å². The van der Waals surface area contributed by atoms with E-state index < -0.39 is 0 Å². The molecule has 6 heteroatoms. The first-order valence-corrected chi connectivity index (χ1v) is 6.78. The number of nitrogens with one attached hydrogen (secondary N) is 1. The average Bonchev–Trinajstić information content (AvgIpc) is 3.26. The molecule has 3 rings (SSSR count). The molecule has 0 unspecified atom stereocenters. The zero-order valence-electron chi connectivity index (χ0n) is 10.9. The van der Waals surface area contributed by atoms with Crippen LogP contribution in [-0.2, 0) is 0 Å². The number of rotatable bonds is 3. The van der Waals surface area contributed by atoms with Crippen LogP contribution in [0.25, 0.3) is 0 Å². The number of amides is 1. The zero-order valence-corrected chi connectivity index (χ0v) is 11.7. The van der Waals surface area contributed by atoms with Crippen LogP contribution in [0.15, 0.2) is 24.5 Å². The Morgan fingerprint density at radius 3 is 2.60 bits per heavy atom. The molecule has 2 aromatic rings. The van der Waals surface area contributed by atoms with Gasteiger partial charge in [-0.2, -0.15) is 0 Å². The maximum Gasteiger partial charge on any atom is 0.258 e. The van der Waals surface area contributed by atoms with E-state index in [0.29, 0.717) is 28.0 Å². The van der Waals surface area contributed by atoms with Gasteiger partial charge < -0.3 is 5.32 Å². The third-order valence-corrected chi connectivity index (χ3v) is 3.39. The Morgan fingerprint density at radius 2 is 2.00 bits per heavy atom. The van der Waals surface area contributed by atoms with Gasteiger partial charge in [0.15, 0.2) is 0 Å². The highest BCUT2D eigenvalue weighted by atomic mass is 35.5. The van der Waals surface area contributed by atoms with Gasteiger partial charge in [-0.3, -0.25) is 4.79 Å². The average molecular weight is 289 g/mol. The summed E-state index contributed by atoms with van der Waals surface area (Å²) in [6, 6.07) is 3.36. The summed E-state index contributed by atoms with van der Waals surface area (Å²) in [5, 5.41) is 3.18. The fraction of sp³-hybridized carbons (Fsp3) is 0.286. The molecule has 1 amide bonds. The number of aromatic nitrogens is 3. The Balaban J connectivity index is 1.74. The first-order valence-electron chi connectivity index (χ1n) is 6.40. The molecule has 0 atom stereocenters. The van der Waals surface area contributed by atoms with E-state index in [2.05, 4.69) is 20.3 Å². The fourth-order valence-electron chi connectivity index (χ4n) is 1.86. The number of aryl methyl sites for hydroxylation is 1. The third kappa shape index (κ3) is 2.77. The van der Waals surface area contributed by atoms with Crippen LogP contribution in [0.5, 0.6) is 0 Å². The summed E-state index contributed by atoms with van der Waals surface area (Å²) in [5.74, 6) is 1.06. The maximum absolute atomic E-state index is 12.1. The summed E-state index contributed by atoms with van der Waals surface area (Å²) < 4.78 is 0. The molecule has 0 aromatic carbocycles. The predicted octanol–water partition coefficient (Wildman–Crippen LogP) is 2.96. The van der Waals surface area contributed by atoms with Crippen molar-refractivity contribution in [3.8, 4) is 0 Å². The van der Waals surface area contributed by atoms with Crippen molar-refractivity contribution in [1.29, 1.82) is 0 Å². The van der Waals surface area contributed by atoms with Crippen molar-refractivity contribution >= 4 is 23.2 Å². The minimum atomic E-state index is -0.250. The maximum atomic E-state index is 12.1. The van der Waals surface area contributed by atoms with E-state index in [4.69, 9.17) is 11.6 Å². The molecule has 1 fully saturated rings. The second-order valence-electron chi connectivity index (χ2n) is 4.83. The zero-order chi connectivity index (χ0) is 14.1. The summed E-state index contributed by atoms with van der Waals surface area (Å²) in [4.78, 5) is 24.6. The van der Waals surface area contributed by atoms with Crippen LogP contribution in [0.4, 0.5) is 5.69 Å². The lowest BCUT2D eigenvalue weighted by molar-refractivity contribution is 0.102. The first-order chi connectivity index (χ1) is 9.63. The van der Waals surface area contributed by atoms with Gasteiger partial charge in [-0.25, -0.2) is 15.0 Å². The summed E-state index contributed by atoms with van der Waals surface area (Å²) in [7, 11) is 0. The standard InChI is InChI=1S/C14H13ClN4O/c1-8-11(4-5-12(15)18-8)19-14(20)10-6-16-13(17-7-10)9-2-3-9/h4-7,9H,2-3H2,1H3,(H,19,20). The van der Waals surface area contributed by atoms with Crippen molar-refractivity contribution in [3.05, 3.63) is 46.8 Å². The quantitative estimate of drug-likeness (QED) is 0.882. The number of carbonyl (C=O) groups is 1. The smallest absolute Gasteiger partial charge is 0.258 e. The minimum Gasteiger partial charge on any atom is -0.320 e. The number of halogens is 1. The van der Waals surface area contributed by atoms with Crippen molar-refractivity contribution in [1.82, 2.24) is 15.0 Å².